The number of aliphatic carboxylic acids is 1. The van der Waals surface area contributed by atoms with Gasteiger partial charge in [-0.05, 0) is 100 Å². The fourth-order valence-electron chi connectivity index (χ4n) is 8.92. The molecule has 3 unspecified atom stereocenters. The maximum atomic E-state index is 13.6. The lowest BCUT2D eigenvalue weighted by Gasteiger charge is -2.35. The molecule has 4 atom stereocenters. The number of carbonyl (C=O) groups excluding carboxylic acids is 3. The molecule has 3 aliphatic carbocycles. The standard InChI is InChI=1S/C48H71N3O8/c1-31(2)22-38(16-15-37-13-14-37)28-50-43-26-40(59-47(56)51-30-48(20-21-52)18-10-9-11-19-48)27-44(58-35(7)49-29-39(23-32(3)4)25-45(54)55)46(43)42-24-33(5)12-17-41(42)34(6)57-36(8)53/h15,21,24,26-27,31-32,38-39,41-42,49-50H,6-7,9-14,16-20,22-23,25,28-30H2,1-5,8H3,(H,51,56)(H,54,55)/t38?,39?,41?,42-/m1/s1. The number of carboxylic acids is 1. The zero-order valence-corrected chi connectivity index (χ0v) is 36.6. The second-order valence-electron chi connectivity index (χ2n) is 18.3. The van der Waals surface area contributed by atoms with Crippen molar-refractivity contribution >= 4 is 30.0 Å². The summed E-state index contributed by atoms with van der Waals surface area (Å²) in [4.78, 5) is 49.2. The van der Waals surface area contributed by atoms with Crippen LogP contribution in [0, 0.1) is 35.0 Å². The molecule has 2 saturated carbocycles. The van der Waals surface area contributed by atoms with Crippen LogP contribution in [0.5, 0.6) is 11.5 Å². The minimum atomic E-state index is -0.867. The number of benzene rings is 1. The van der Waals surface area contributed by atoms with Crippen molar-refractivity contribution in [2.75, 3.05) is 25.0 Å². The Morgan fingerprint density at radius 2 is 1.64 bits per heavy atom. The van der Waals surface area contributed by atoms with Gasteiger partial charge in [0.25, 0.3) is 0 Å². The number of esters is 1. The Morgan fingerprint density at radius 3 is 2.27 bits per heavy atom. The van der Waals surface area contributed by atoms with Gasteiger partial charge in [0.1, 0.15) is 23.5 Å². The quantitative estimate of drug-likeness (QED) is 0.0343. The highest BCUT2D eigenvalue weighted by Gasteiger charge is 2.35. The average Bonchev–Trinajstić information content (AvgIpc) is 3.98. The number of aldehydes is 1. The van der Waals surface area contributed by atoms with E-state index in [4.69, 9.17) is 14.2 Å². The van der Waals surface area contributed by atoms with E-state index in [0.717, 1.165) is 76.1 Å². The van der Waals surface area contributed by atoms with Gasteiger partial charge in [-0.2, -0.15) is 0 Å². The number of carbonyl (C=O) groups is 4. The molecule has 1 aromatic carbocycles. The van der Waals surface area contributed by atoms with E-state index in [9.17, 15) is 24.3 Å². The van der Waals surface area contributed by atoms with Crippen LogP contribution in [0.4, 0.5) is 10.5 Å². The molecule has 0 radical (unpaired) electrons. The molecule has 0 spiro atoms. The maximum absolute atomic E-state index is 13.6. The largest absolute Gasteiger partial charge is 0.481 e. The normalized spacial score (nSPS) is 19.5. The highest BCUT2D eigenvalue weighted by molar-refractivity contribution is 5.73. The van der Waals surface area contributed by atoms with Gasteiger partial charge in [0.15, 0.2) is 5.88 Å². The third-order valence-electron chi connectivity index (χ3n) is 11.9. The summed E-state index contributed by atoms with van der Waals surface area (Å²) in [5, 5.41) is 19.6. The molecular weight excluding hydrogens is 747 g/mol. The molecule has 0 aromatic heterocycles. The Morgan fingerprint density at radius 1 is 0.949 bits per heavy atom. The molecule has 11 heteroatoms. The van der Waals surface area contributed by atoms with Crippen molar-refractivity contribution in [3.63, 3.8) is 0 Å². The number of hydrogen-bond donors (Lipinski definition) is 4. The number of amides is 1. The van der Waals surface area contributed by atoms with Crippen molar-refractivity contribution in [3.05, 3.63) is 65.8 Å². The summed E-state index contributed by atoms with van der Waals surface area (Å²) in [5.74, 6) is 0.254. The van der Waals surface area contributed by atoms with Crippen LogP contribution in [-0.4, -0.2) is 49.1 Å². The molecule has 4 rings (SSSR count). The van der Waals surface area contributed by atoms with Crippen molar-refractivity contribution in [1.82, 2.24) is 10.6 Å². The van der Waals surface area contributed by atoms with Crippen LogP contribution >= 0.6 is 0 Å². The summed E-state index contributed by atoms with van der Waals surface area (Å²) in [7, 11) is 0. The minimum Gasteiger partial charge on any atom is -0.481 e. The van der Waals surface area contributed by atoms with Crippen molar-refractivity contribution in [3.8, 4) is 11.5 Å². The van der Waals surface area contributed by atoms with Crippen molar-refractivity contribution in [2.45, 2.75) is 137 Å². The third kappa shape index (κ3) is 15.9. The summed E-state index contributed by atoms with van der Waals surface area (Å²) >= 11 is 0. The highest BCUT2D eigenvalue weighted by atomic mass is 16.6. The van der Waals surface area contributed by atoms with E-state index in [-0.39, 0.29) is 41.2 Å². The average molecular weight is 818 g/mol. The molecule has 0 saturated heterocycles. The molecule has 326 valence electrons. The Bertz CT molecular complexity index is 1700. The van der Waals surface area contributed by atoms with Gasteiger partial charge in [-0.25, -0.2) is 4.79 Å². The van der Waals surface area contributed by atoms with Gasteiger partial charge in [-0.15, -0.1) is 0 Å². The number of rotatable bonds is 24. The summed E-state index contributed by atoms with van der Waals surface area (Å²) in [5.41, 5.74) is 3.86. The second-order valence-corrected chi connectivity index (χ2v) is 18.3. The Hall–Kier alpha value is -4.54. The first-order chi connectivity index (χ1) is 28.1. The molecule has 4 N–H and O–H groups in total. The van der Waals surface area contributed by atoms with Gasteiger partial charge >= 0.3 is 18.0 Å². The number of nitrogens with one attached hydrogen (secondary N) is 3. The molecule has 2 fully saturated rings. The SMILES string of the molecule is C=C(NCC(CC(=O)O)CC(C)C)Oc1cc(OC(=O)NCC2(CC=O)CCCCC2)cc(NCC(CC=C2CC2)CC(C)C)c1[C@@H]1C=C(C)CCC1C(=C)OC(C)=O. The molecule has 0 aliphatic heterocycles. The molecule has 0 bridgehead atoms. The smallest absolute Gasteiger partial charge is 0.412 e. The van der Waals surface area contributed by atoms with Crippen LogP contribution in [0.2, 0.25) is 0 Å². The molecule has 1 aromatic rings. The van der Waals surface area contributed by atoms with Crippen LogP contribution in [0.1, 0.15) is 143 Å². The van der Waals surface area contributed by atoms with Crippen LogP contribution in [0.15, 0.2) is 60.2 Å². The fraction of sp³-hybridized carbons (Fsp3) is 0.625. The van der Waals surface area contributed by atoms with E-state index >= 15 is 0 Å². The van der Waals surface area contributed by atoms with Gasteiger partial charge in [-0.3, -0.25) is 9.59 Å². The van der Waals surface area contributed by atoms with Crippen molar-refractivity contribution in [2.24, 2.45) is 35.0 Å². The van der Waals surface area contributed by atoms with E-state index in [1.165, 1.54) is 18.1 Å². The Labute approximate surface area is 352 Å². The second kappa shape index (κ2) is 22.7. The molecule has 59 heavy (non-hydrogen) atoms. The van der Waals surface area contributed by atoms with Gasteiger partial charge < -0.3 is 40.1 Å². The zero-order chi connectivity index (χ0) is 43.1. The third-order valence-corrected chi connectivity index (χ3v) is 11.9. The van der Waals surface area contributed by atoms with Gasteiger partial charge in [0.05, 0.1) is 0 Å². The number of anilines is 1. The summed E-state index contributed by atoms with van der Waals surface area (Å²) in [6, 6.07) is 3.52. The lowest BCUT2D eigenvalue weighted by atomic mass is 9.72. The van der Waals surface area contributed by atoms with E-state index < -0.39 is 18.0 Å². The first-order valence-electron chi connectivity index (χ1n) is 21.9. The summed E-state index contributed by atoms with van der Waals surface area (Å²) in [6.45, 7) is 21.8. The molecule has 0 heterocycles. The Kier molecular flexibility index (Phi) is 18.2. The van der Waals surface area contributed by atoms with Crippen LogP contribution in [-0.2, 0) is 19.1 Å². The van der Waals surface area contributed by atoms with Crippen molar-refractivity contribution < 1.29 is 38.5 Å². The first kappa shape index (κ1) is 47.1. The van der Waals surface area contributed by atoms with Crippen molar-refractivity contribution in [1.29, 1.82) is 0 Å². The topological polar surface area (TPSA) is 152 Å². The van der Waals surface area contributed by atoms with E-state index in [1.54, 1.807) is 6.07 Å². The number of carboxylic acid groups (broad SMARTS) is 1. The van der Waals surface area contributed by atoms with Crippen LogP contribution in [0.3, 0.4) is 0 Å². The zero-order valence-electron chi connectivity index (χ0n) is 36.6. The predicted octanol–water partition coefficient (Wildman–Crippen LogP) is 10.6. The fourth-order valence-corrected chi connectivity index (χ4v) is 8.92. The highest BCUT2D eigenvalue weighted by Crippen LogP contribution is 2.48. The predicted molar refractivity (Wildman–Crippen MR) is 233 cm³/mol. The molecule has 3 aliphatic rings. The lowest BCUT2D eigenvalue weighted by molar-refractivity contribution is -0.139. The molecule has 1 amide bonds. The first-order valence-corrected chi connectivity index (χ1v) is 21.9. The van der Waals surface area contributed by atoms with Crippen LogP contribution < -0.4 is 25.4 Å². The molecular formula is C48H71N3O8. The Balaban J connectivity index is 1.77. The van der Waals surface area contributed by atoms with E-state index in [1.807, 2.05) is 6.07 Å². The lowest BCUT2D eigenvalue weighted by Crippen LogP contribution is -2.40. The van der Waals surface area contributed by atoms with Gasteiger partial charge in [-0.1, -0.05) is 76.8 Å². The summed E-state index contributed by atoms with van der Waals surface area (Å²) in [6.07, 6.45) is 16.6. The summed E-state index contributed by atoms with van der Waals surface area (Å²) < 4.78 is 18.3. The minimum absolute atomic E-state index is 0.00462. The number of allylic oxidation sites excluding steroid dienone is 5. The maximum Gasteiger partial charge on any atom is 0.412 e. The van der Waals surface area contributed by atoms with E-state index in [0.29, 0.717) is 73.8 Å². The number of hydrogen-bond acceptors (Lipinski definition) is 9. The molecule has 11 nitrogen and oxygen atoms in total. The van der Waals surface area contributed by atoms with Gasteiger partial charge in [0.2, 0.25) is 0 Å². The van der Waals surface area contributed by atoms with E-state index in [2.05, 4.69) is 75.9 Å². The monoisotopic (exact) mass is 818 g/mol. The van der Waals surface area contributed by atoms with Crippen LogP contribution in [0.25, 0.3) is 0 Å². The number of ether oxygens (including phenoxy) is 3. The van der Waals surface area contributed by atoms with Gasteiger partial charge in [0, 0.05) is 74.6 Å².